The maximum atomic E-state index is 11.9. The van der Waals surface area contributed by atoms with Gasteiger partial charge in [-0.05, 0) is 43.8 Å². The van der Waals surface area contributed by atoms with E-state index in [1.54, 1.807) is 6.08 Å². The van der Waals surface area contributed by atoms with E-state index in [1.807, 2.05) is 0 Å². The maximum Gasteiger partial charge on any atom is 0.172 e. The minimum atomic E-state index is 0.158. The van der Waals surface area contributed by atoms with Crippen LogP contribution in [0.2, 0.25) is 0 Å². The molecule has 1 aliphatic heterocycles. The first-order valence-electron chi connectivity index (χ1n) is 6.06. The van der Waals surface area contributed by atoms with Crippen molar-refractivity contribution in [2.75, 3.05) is 13.1 Å². The first-order valence-corrected chi connectivity index (χ1v) is 6.06. The fourth-order valence-corrected chi connectivity index (χ4v) is 2.62. The average Bonchev–Trinajstić information content (AvgIpc) is 2.23. The molecule has 1 saturated heterocycles. The Bertz CT molecular complexity index is 274. The van der Waals surface area contributed by atoms with Crippen molar-refractivity contribution < 1.29 is 4.79 Å². The van der Waals surface area contributed by atoms with Gasteiger partial charge in [0, 0.05) is 0 Å². The molecule has 0 bridgehead atoms. The third kappa shape index (κ3) is 2.49. The predicted molar refractivity (Wildman–Crippen MR) is 61.8 cm³/mol. The molecule has 1 heterocycles. The lowest BCUT2D eigenvalue weighted by Gasteiger charge is -2.38. The average molecular weight is 207 g/mol. The highest BCUT2D eigenvalue weighted by molar-refractivity contribution is 5.95. The molecule has 0 N–H and O–H groups in total. The van der Waals surface area contributed by atoms with E-state index in [0.717, 1.165) is 19.5 Å². The van der Waals surface area contributed by atoms with Gasteiger partial charge < -0.3 is 0 Å². The summed E-state index contributed by atoms with van der Waals surface area (Å²) in [5.74, 6) is 0.316. The summed E-state index contributed by atoms with van der Waals surface area (Å²) in [6.07, 6.45) is 8.69. The van der Waals surface area contributed by atoms with E-state index >= 15 is 0 Å². The first-order chi connectivity index (χ1) is 7.08. The number of carbonyl (C=O) groups excluding carboxylic acids is 1. The number of carbonyl (C=O) groups is 1. The highest BCUT2D eigenvalue weighted by atomic mass is 16.1. The van der Waals surface area contributed by atoms with Crippen molar-refractivity contribution in [1.82, 2.24) is 4.90 Å². The van der Waals surface area contributed by atoms with Crippen molar-refractivity contribution >= 4 is 5.78 Å². The van der Waals surface area contributed by atoms with E-state index in [1.165, 1.54) is 19.3 Å². The fraction of sp³-hybridized carbons (Fsp3) is 0.769. The smallest absolute Gasteiger partial charge is 0.172 e. The zero-order valence-electron chi connectivity index (χ0n) is 9.83. The molecule has 2 rings (SSSR count). The molecular weight excluding hydrogens is 186 g/mol. The molecule has 2 aliphatic rings. The monoisotopic (exact) mass is 207 g/mol. The Kier molecular flexibility index (Phi) is 2.96. The first kappa shape index (κ1) is 10.9. The van der Waals surface area contributed by atoms with Crippen LogP contribution in [0.4, 0.5) is 0 Å². The summed E-state index contributed by atoms with van der Waals surface area (Å²) >= 11 is 0. The summed E-state index contributed by atoms with van der Waals surface area (Å²) < 4.78 is 0. The van der Waals surface area contributed by atoms with Crippen molar-refractivity contribution in [1.29, 1.82) is 0 Å². The highest BCUT2D eigenvalue weighted by Crippen LogP contribution is 2.31. The zero-order valence-corrected chi connectivity index (χ0v) is 9.83. The molecule has 1 atom stereocenters. The van der Waals surface area contributed by atoms with Crippen LogP contribution in [0.25, 0.3) is 0 Å². The van der Waals surface area contributed by atoms with E-state index in [-0.39, 0.29) is 11.5 Å². The summed E-state index contributed by atoms with van der Waals surface area (Å²) in [4.78, 5) is 14.2. The molecule has 1 fully saturated rings. The van der Waals surface area contributed by atoms with Crippen LogP contribution < -0.4 is 0 Å². The topological polar surface area (TPSA) is 20.3 Å². The van der Waals surface area contributed by atoms with Crippen molar-refractivity contribution in [2.24, 2.45) is 5.41 Å². The van der Waals surface area contributed by atoms with Crippen LogP contribution in [-0.4, -0.2) is 29.8 Å². The van der Waals surface area contributed by atoms with Gasteiger partial charge in [-0.3, -0.25) is 9.69 Å². The number of ketones is 1. The summed E-state index contributed by atoms with van der Waals surface area (Å²) in [5, 5.41) is 0. The molecule has 0 aromatic carbocycles. The molecule has 2 heteroatoms. The Labute approximate surface area is 92.3 Å². The van der Waals surface area contributed by atoms with Gasteiger partial charge in [0.25, 0.3) is 0 Å². The standard InChI is InChI=1S/C13H21NO/c1-13(2)7-6-12(15)11(10-13)14-8-4-3-5-9-14/h6-7,11H,3-5,8-10H2,1-2H3. The van der Waals surface area contributed by atoms with Crippen LogP contribution in [0, 0.1) is 5.41 Å². The van der Waals surface area contributed by atoms with Gasteiger partial charge in [-0.25, -0.2) is 0 Å². The lowest BCUT2D eigenvalue weighted by Crippen LogP contribution is -2.47. The number of likely N-dealkylation sites (tertiary alicyclic amines) is 1. The summed E-state index contributed by atoms with van der Waals surface area (Å²) in [6, 6.07) is 0.158. The lowest BCUT2D eigenvalue weighted by molar-refractivity contribution is -0.121. The lowest BCUT2D eigenvalue weighted by atomic mass is 9.79. The van der Waals surface area contributed by atoms with Gasteiger partial charge in [-0.1, -0.05) is 26.3 Å². The molecule has 0 radical (unpaired) electrons. The van der Waals surface area contributed by atoms with E-state index in [2.05, 4.69) is 24.8 Å². The van der Waals surface area contributed by atoms with E-state index in [4.69, 9.17) is 0 Å². The van der Waals surface area contributed by atoms with Crippen LogP contribution in [0.5, 0.6) is 0 Å². The molecule has 0 spiro atoms. The molecule has 0 aromatic heterocycles. The fourth-order valence-electron chi connectivity index (χ4n) is 2.62. The number of hydrogen-bond donors (Lipinski definition) is 0. The van der Waals surface area contributed by atoms with Gasteiger partial charge >= 0.3 is 0 Å². The Balaban J connectivity index is 2.08. The second-order valence-electron chi connectivity index (χ2n) is 5.54. The van der Waals surface area contributed by atoms with Gasteiger partial charge in [0.05, 0.1) is 6.04 Å². The number of rotatable bonds is 1. The Morgan fingerprint density at radius 1 is 1.27 bits per heavy atom. The molecule has 1 aliphatic carbocycles. The van der Waals surface area contributed by atoms with E-state index in [0.29, 0.717) is 5.78 Å². The number of nitrogens with zero attached hydrogens (tertiary/aromatic N) is 1. The Hall–Kier alpha value is -0.630. The molecule has 15 heavy (non-hydrogen) atoms. The summed E-state index contributed by atoms with van der Waals surface area (Å²) in [7, 11) is 0. The SMILES string of the molecule is CC1(C)C=CC(=O)C(N2CCCCC2)C1. The van der Waals surface area contributed by atoms with E-state index < -0.39 is 0 Å². The van der Waals surface area contributed by atoms with Crippen LogP contribution in [0.3, 0.4) is 0 Å². The number of allylic oxidation sites excluding steroid dienone is 1. The molecule has 2 nitrogen and oxygen atoms in total. The Morgan fingerprint density at radius 2 is 1.93 bits per heavy atom. The van der Waals surface area contributed by atoms with E-state index in [9.17, 15) is 4.79 Å². The molecular formula is C13H21NO. The second kappa shape index (κ2) is 4.09. The Morgan fingerprint density at radius 3 is 2.60 bits per heavy atom. The summed E-state index contributed by atoms with van der Waals surface area (Å²) in [6.45, 7) is 6.65. The minimum absolute atomic E-state index is 0.158. The summed E-state index contributed by atoms with van der Waals surface area (Å²) in [5.41, 5.74) is 0.190. The quantitative estimate of drug-likeness (QED) is 0.658. The van der Waals surface area contributed by atoms with Crippen molar-refractivity contribution in [3.8, 4) is 0 Å². The van der Waals surface area contributed by atoms with Crippen molar-refractivity contribution in [3.05, 3.63) is 12.2 Å². The predicted octanol–water partition coefficient (Wildman–Crippen LogP) is 2.40. The van der Waals surface area contributed by atoms with Gasteiger partial charge in [0.15, 0.2) is 5.78 Å². The van der Waals surface area contributed by atoms with Gasteiger partial charge in [-0.15, -0.1) is 0 Å². The van der Waals surface area contributed by atoms with Crippen LogP contribution >= 0.6 is 0 Å². The maximum absolute atomic E-state index is 11.9. The third-order valence-corrected chi connectivity index (χ3v) is 3.58. The molecule has 84 valence electrons. The highest BCUT2D eigenvalue weighted by Gasteiger charge is 2.33. The normalized spacial score (nSPS) is 31.9. The third-order valence-electron chi connectivity index (χ3n) is 3.58. The molecule has 0 amide bonds. The van der Waals surface area contributed by atoms with Crippen LogP contribution in [0.1, 0.15) is 39.5 Å². The second-order valence-corrected chi connectivity index (χ2v) is 5.54. The van der Waals surface area contributed by atoms with Gasteiger partial charge in [-0.2, -0.15) is 0 Å². The number of hydrogen-bond acceptors (Lipinski definition) is 2. The van der Waals surface area contributed by atoms with Crippen molar-refractivity contribution in [3.63, 3.8) is 0 Å². The molecule has 0 aromatic rings. The molecule has 0 saturated carbocycles. The number of piperidine rings is 1. The van der Waals surface area contributed by atoms with Gasteiger partial charge in [0.1, 0.15) is 0 Å². The van der Waals surface area contributed by atoms with Crippen molar-refractivity contribution in [2.45, 2.75) is 45.6 Å². The zero-order chi connectivity index (χ0) is 10.9. The van der Waals surface area contributed by atoms with Gasteiger partial charge in [0.2, 0.25) is 0 Å². The minimum Gasteiger partial charge on any atom is -0.293 e. The van der Waals surface area contributed by atoms with Crippen LogP contribution in [-0.2, 0) is 4.79 Å². The van der Waals surface area contributed by atoms with Crippen LogP contribution in [0.15, 0.2) is 12.2 Å². The largest absolute Gasteiger partial charge is 0.293 e. The molecule has 1 unspecified atom stereocenters.